The zero-order chi connectivity index (χ0) is 10.1. The van der Waals surface area contributed by atoms with Crippen LogP contribution in [0, 0.1) is 0 Å². The Balaban J connectivity index is 2.26. The number of H-pyrrole nitrogens is 1. The molecule has 1 aliphatic carbocycles. The maximum atomic E-state index is 11.3. The smallest absolute Gasteiger partial charge is 0.329 e. The number of rotatable bonds is 2. The first-order valence-corrected chi connectivity index (χ1v) is 4.74. The molecule has 0 aromatic carbocycles. The fraction of sp³-hybridized carbons (Fsp3) is 0.556. The molecule has 0 saturated heterocycles. The van der Waals surface area contributed by atoms with Gasteiger partial charge in [0.05, 0.1) is 0 Å². The SMILES string of the molecule is Cn1c(=O)cc(NC2CCC2)[nH]c1=O. The minimum absolute atomic E-state index is 0.282. The van der Waals surface area contributed by atoms with Crippen LogP contribution in [0.25, 0.3) is 0 Å². The van der Waals surface area contributed by atoms with Crippen LogP contribution in [-0.2, 0) is 7.05 Å². The number of aromatic nitrogens is 2. The zero-order valence-electron chi connectivity index (χ0n) is 8.04. The summed E-state index contributed by atoms with van der Waals surface area (Å²) in [5, 5.41) is 3.12. The van der Waals surface area contributed by atoms with E-state index in [0.29, 0.717) is 11.9 Å². The van der Waals surface area contributed by atoms with Gasteiger partial charge in [-0.2, -0.15) is 0 Å². The highest BCUT2D eigenvalue weighted by Gasteiger charge is 2.17. The molecule has 1 saturated carbocycles. The van der Waals surface area contributed by atoms with Crippen molar-refractivity contribution in [2.45, 2.75) is 25.3 Å². The third-order valence-electron chi connectivity index (χ3n) is 2.61. The van der Waals surface area contributed by atoms with Crippen LogP contribution in [0.5, 0.6) is 0 Å². The first kappa shape index (κ1) is 9.05. The molecule has 5 heteroatoms. The third kappa shape index (κ3) is 1.57. The second-order valence-corrected chi connectivity index (χ2v) is 3.66. The monoisotopic (exact) mass is 195 g/mol. The Morgan fingerprint density at radius 2 is 2.21 bits per heavy atom. The number of anilines is 1. The average Bonchev–Trinajstić information content (AvgIpc) is 2.07. The summed E-state index contributed by atoms with van der Waals surface area (Å²) in [5.41, 5.74) is -0.658. The van der Waals surface area contributed by atoms with E-state index in [-0.39, 0.29) is 11.2 Å². The Hall–Kier alpha value is -1.52. The molecule has 0 radical (unpaired) electrons. The maximum Gasteiger partial charge on any atom is 0.329 e. The molecular weight excluding hydrogens is 182 g/mol. The zero-order valence-corrected chi connectivity index (χ0v) is 8.04. The van der Waals surface area contributed by atoms with Gasteiger partial charge in [-0.25, -0.2) is 4.79 Å². The van der Waals surface area contributed by atoms with Gasteiger partial charge in [0.1, 0.15) is 5.82 Å². The van der Waals surface area contributed by atoms with Gasteiger partial charge >= 0.3 is 5.69 Å². The lowest BCUT2D eigenvalue weighted by Crippen LogP contribution is -2.35. The minimum Gasteiger partial charge on any atom is -0.369 e. The Bertz CT molecular complexity index is 411. The molecule has 0 atom stereocenters. The van der Waals surface area contributed by atoms with Gasteiger partial charge in [0.15, 0.2) is 0 Å². The van der Waals surface area contributed by atoms with Crippen LogP contribution >= 0.6 is 0 Å². The molecule has 2 N–H and O–H groups in total. The normalized spacial score (nSPS) is 16.4. The lowest BCUT2D eigenvalue weighted by Gasteiger charge is -2.26. The molecule has 1 heterocycles. The van der Waals surface area contributed by atoms with E-state index in [1.807, 2.05) is 0 Å². The molecule has 0 aliphatic heterocycles. The summed E-state index contributed by atoms with van der Waals surface area (Å²) in [6, 6.07) is 1.83. The predicted molar refractivity (Wildman–Crippen MR) is 53.6 cm³/mol. The standard InChI is InChI=1S/C9H13N3O2/c1-12-8(13)5-7(11-9(12)14)10-6-3-2-4-6/h5-6,10H,2-4H2,1H3,(H,11,14). The Labute approximate surface area is 80.8 Å². The summed E-state index contributed by atoms with van der Waals surface area (Å²) in [5.74, 6) is 0.530. The lowest BCUT2D eigenvalue weighted by atomic mass is 9.93. The summed E-state index contributed by atoms with van der Waals surface area (Å²) < 4.78 is 1.05. The molecule has 0 spiro atoms. The van der Waals surface area contributed by atoms with E-state index in [0.717, 1.165) is 17.4 Å². The van der Waals surface area contributed by atoms with Crippen LogP contribution in [-0.4, -0.2) is 15.6 Å². The summed E-state index contributed by atoms with van der Waals surface area (Å²) in [4.78, 5) is 25.1. The van der Waals surface area contributed by atoms with Gasteiger partial charge in [-0.1, -0.05) is 0 Å². The minimum atomic E-state index is -0.376. The van der Waals surface area contributed by atoms with E-state index >= 15 is 0 Å². The highest BCUT2D eigenvalue weighted by molar-refractivity contribution is 5.33. The molecule has 2 rings (SSSR count). The summed E-state index contributed by atoms with van der Waals surface area (Å²) in [7, 11) is 1.45. The molecule has 76 valence electrons. The van der Waals surface area contributed by atoms with Gasteiger partial charge < -0.3 is 5.32 Å². The highest BCUT2D eigenvalue weighted by Crippen LogP contribution is 2.21. The van der Waals surface area contributed by atoms with Gasteiger partial charge in [-0.05, 0) is 19.3 Å². The van der Waals surface area contributed by atoms with Gasteiger partial charge in [0, 0.05) is 19.2 Å². The predicted octanol–water partition coefficient (Wildman–Crippen LogP) is 0.0380. The van der Waals surface area contributed by atoms with E-state index in [9.17, 15) is 9.59 Å². The molecule has 1 aromatic rings. The topological polar surface area (TPSA) is 66.9 Å². The second kappa shape index (κ2) is 3.32. The van der Waals surface area contributed by atoms with E-state index in [2.05, 4.69) is 10.3 Å². The van der Waals surface area contributed by atoms with Crippen LogP contribution < -0.4 is 16.6 Å². The average molecular weight is 195 g/mol. The number of hydrogen-bond acceptors (Lipinski definition) is 3. The fourth-order valence-electron chi connectivity index (χ4n) is 1.41. The van der Waals surface area contributed by atoms with E-state index < -0.39 is 0 Å². The summed E-state index contributed by atoms with van der Waals surface area (Å²) >= 11 is 0. The number of hydrogen-bond donors (Lipinski definition) is 2. The van der Waals surface area contributed by atoms with Gasteiger partial charge in [-0.15, -0.1) is 0 Å². The molecule has 0 amide bonds. The lowest BCUT2D eigenvalue weighted by molar-refractivity contribution is 0.444. The molecule has 1 aromatic heterocycles. The number of aromatic amines is 1. The van der Waals surface area contributed by atoms with Crippen LogP contribution in [0.3, 0.4) is 0 Å². The molecule has 14 heavy (non-hydrogen) atoms. The van der Waals surface area contributed by atoms with Crippen LogP contribution in [0.2, 0.25) is 0 Å². The van der Waals surface area contributed by atoms with Crippen molar-refractivity contribution in [3.05, 3.63) is 26.9 Å². The first-order valence-electron chi connectivity index (χ1n) is 4.74. The van der Waals surface area contributed by atoms with Crippen molar-refractivity contribution < 1.29 is 0 Å². The largest absolute Gasteiger partial charge is 0.369 e. The van der Waals surface area contributed by atoms with Crippen molar-refractivity contribution in [3.63, 3.8) is 0 Å². The van der Waals surface area contributed by atoms with Crippen molar-refractivity contribution in [2.75, 3.05) is 5.32 Å². The molecule has 5 nitrogen and oxygen atoms in total. The third-order valence-corrected chi connectivity index (χ3v) is 2.61. The van der Waals surface area contributed by atoms with Gasteiger partial charge in [-0.3, -0.25) is 14.3 Å². The van der Waals surface area contributed by atoms with Crippen molar-refractivity contribution in [2.24, 2.45) is 7.05 Å². The van der Waals surface area contributed by atoms with Crippen molar-refractivity contribution in [3.8, 4) is 0 Å². The maximum absolute atomic E-state index is 11.3. The van der Waals surface area contributed by atoms with Crippen LogP contribution in [0.15, 0.2) is 15.7 Å². The quantitative estimate of drug-likeness (QED) is 0.700. The van der Waals surface area contributed by atoms with Gasteiger partial charge in [0.25, 0.3) is 5.56 Å². The van der Waals surface area contributed by atoms with E-state index in [1.54, 1.807) is 0 Å². The van der Waals surface area contributed by atoms with Gasteiger partial charge in [0.2, 0.25) is 0 Å². The highest BCUT2D eigenvalue weighted by atomic mass is 16.2. The van der Waals surface area contributed by atoms with Crippen molar-refractivity contribution >= 4 is 5.82 Å². The van der Waals surface area contributed by atoms with Crippen molar-refractivity contribution in [1.82, 2.24) is 9.55 Å². The van der Waals surface area contributed by atoms with Crippen LogP contribution in [0.1, 0.15) is 19.3 Å². The molecule has 1 aliphatic rings. The second-order valence-electron chi connectivity index (χ2n) is 3.66. The Morgan fingerprint density at radius 1 is 1.50 bits per heavy atom. The summed E-state index contributed by atoms with van der Waals surface area (Å²) in [6.07, 6.45) is 3.43. The fourth-order valence-corrected chi connectivity index (χ4v) is 1.41. The molecule has 0 unspecified atom stereocenters. The van der Waals surface area contributed by atoms with Crippen molar-refractivity contribution in [1.29, 1.82) is 0 Å². The Morgan fingerprint density at radius 3 is 2.71 bits per heavy atom. The number of nitrogens with zero attached hydrogens (tertiary/aromatic N) is 1. The summed E-state index contributed by atoms with van der Waals surface area (Å²) in [6.45, 7) is 0. The first-order chi connectivity index (χ1) is 6.66. The van der Waals surface area contributed by atoms with E-state index in [4.69, 9.17) is 0 Å². The Kier molecular flexibility index (Phi) is 2.15. The molecular formula is C9H13N3O2. The van der Waals surface area contributed by atoms with E-state index in [1.165, 1.54) is 19.5 Å². The molecule has 0 bridgehead atoms. The number of nitrogens with one attached hydrogen (secondary N) is 2. The van der Waals surface area contributed by atoms with Crippen LogP contribution in [0.4, 0.5) is 5.82 Å². The molecule has 1 fully saturated rings.